The summed E-state index contributed by atoms with van der Waals surface area (Å²) in [6, 6.07) is 5.72. The molecule has 1 aromatic carbocycles. The first-order valence-electron chi connectivity index (χ1n) is 8.34. The summed E-state index contributed by atoms with van der Waals surface area (Å²) in [6.45, 7) is 4.42. The van der Waals surface area contributed by atoms with Crippen molar-refractivity contribution in [3.05, 3.63) is 46.6 Å². The third-order valence-electron chi connectivity index (χ3n) is 4.66. The van der Waals surface area contributed by atoms with Crippen LogP contribution in [-0.4, -0.2) is 37.2 Å². The first-order valence-corrected chi connectivity index (χ1v) is 8.72. The van der Waals surface area contributed by atoms with Gasteiger partial charge in [-0.05, 0) is 25.1 Å². The molecular weight excluding hydrogens is 340 g/mol. The highest BCUT2D eigenvalue weighted by Crippen LogP contribution is 2.29. The predicted octanol–water partition coefficient (Wildman–Crippen LogP) is 2.70. The van der Waals surface area contributed by atoms with Crippen LogP contribution in [0.5, 0.6) is 0 Å². The number of H-pyrrole nitrogens is 1. The number of carbonyl (C=O) groups is 1. The number of aromatic nitrogens is 4. The molecule has 0 unspecified atom stereocenters. The van der Waals surface area contributed by atoms with E-state index in [0.717, 1.165) is 35.3 Å². The number of benzene rings is 1. The predicted molar refractivity (Wildman–Crippen MR) is 95.4 cm³/mol. The molecule has 0 radical (unpaired) electrons. The minimum Gasteiger partial charge on any atom is -0.358 e. The molecule has 130 valence electrons. The molecule has 0 saturated heterocycles. The van der Waals surface area contributed by atoms with Crippen LogP contribution in [0.4, 0.5) is 4.79 Å². The zero-order valence-electron chi connectivity index (χ0n) is 13.9. The summed E-state index contributed by atoms with van der Waals surface area (Å²) >= 11 is 6.13. The number of nitrogens with zero attached hydrogens (tertiary/aromatic N) is 4. The van der Waals surface area contributed by atoms with E-state index in [4.69, 9.17) is 11.6 Å². The molecule has 1 aliphatic heterocycles. The number of fused-ring (bicyclic) bond motifs is 3. The lowest BCUT2D eigenvalue weighted by atomic mass is 10.0. The van der Waals surface area contributed by atoms with Gasteiger partial charge in [0.15, 0.2) is 5.82 Å². The summed E-state index contributed by atoms with van der Waals surface area (Å²) < 4.78 is 1.91. The van der Waals surface area contributed by atoms with Crippen molar-refractivity contribution in [3.63, 3.8) is 0 Å². The number of aromatic amines is 1. The Balaban J connectivity index is 1.49. The summed E-state index contributed by atoms with van der Waals surface area (Å²) in [5, 5.41) is 12.7. The summed E-state index contributed by atoms with van der Waals surface area (Å²) in [5.74, 6) is 0.757. The van der Waals surface area contributed by atoms with E-state index < -0.39 is 0 Å². The van der Waals surface area contributed by atoms with Gasteiger partial charge in [-0.15, -0.1) is 10.2 Å². The van der Waals surface area contributed by atoms with E-state index in [1.165, 1.54) is 5.69 Å². The Kier molecular flexibility index (Phi) is 4.09. The highest BCUT2D eigenvalue weighted by molar-refractivity contribution is 6.31. The van der Waals surface area contributed by atoms with Gasteiger partial charge in [-0.2, -0.15) is 0 Å². The van der Waals surface area contributed by atoms with Gasteiger partial charge < -0.3 is 19.8 Å². The van der Waals surface area contributed by atoms with Crippen LogP contribution in [0.25, 0.3) is 10.9 Å². The van der Waals surface area contributed by atoms with Gasteiger partial charge in [0, 0.05) is 53.2 Å². The Labute approximate surface area is 150 Å². The molecule has 0 bridgehead atoms. The Morgan fingerprint density at radius 3 is 3.16 bits per heavy atom. The van der Waals surface area contributed by atoms with Crippen LogP contribution in [0.15, 0.2) is 24.5 Å². The molecule has 2 amide bonds. The van der Waals surface area contributed by atoms with Crippen LogP contribution >= 0.6 is 11.6 Å². The molecule has 2 aromatic heterocycles. The standard InChI is InChI=1S/C17H19ClN6O/c1-2-23-10-20-22-16(23)8-19-17(25)24-6-5-15-13(9-24)12-7-11(18)3-4-14(12)21-15/h3-4,7,10,21H,2,5-6,8-9H2,1H3,(H,19,25). The van der Waals surface area contributed by atoms with E-state index in [9.17, 15) is 4.79 Å². The van der Waals surface area contributed by atoms with E-state index in [2.05, 4.69) is 20.5 Å². The summed E-state index contributed by atoms with van der Waals surface area (Å²) in [7, 11) is 0. The highest BCUT2D eigenvalue weighted by Gasteiger charge is 2.24. The zero-order chi connectivity index (χ0) is 17.4. The molecule has 3 aromatic rings. The first-order chi connectivity index (χ1) is 12.2. The molecule has 0 fully saturated rings. The van der Waals surface area contributed by atoms with Crippen LogP contribution in [0, 0.1) is 0 Å². The SMILES string of the molecule is CCn1cnnc1CNC(=O)N1CCc2[nH]c3ccc(Cl)cc3c2C1. The minimum absolute atomic E-state index is 0.0901. The van der Waals surface area contributed by atoms with Gasteiger partial charge >= 0.3 is 6.03 Å². The van der Waals surface area contributed by atoms with E-state index in [0.29, 0.717) is 24.7 Å². The van der Waals surface area contributed by atoms with Crippen LogP contribution in [0.1, 0.15) is 24.0 Å². The second kappa shape index (κ2) is 6.40. The summed E-state index contributed by atoms with van der Waals surface area (Å²) in [4.78, 5) is 17.8. The number of carbonyl (C=O) groups excluding carboxylic acids is 1. The van der Waals surface area contributed by atoms with Gasteiger partial charge in [-0.25, -0.2) is 4.79 Å². The molecule has 3 heterocycles. The highest BCUT2D eigenvalue weighted by atomic mass is 35.5. The number of halogens is 1. The van der Waals surface area contributed by atoms with Crippen molar-refractivity contribution < 1.29 is 4.79 Å². The summed E-state index contributed by atoms with van der Waals surface area (Å²) in [5.41, 5.74) is 3.40. The second-order valence-electron chi connectivity index (χ2n) is 6.14. The lowest BCUT2D eigenvalue weighted by Crippen LogP contribution is -2.42. The molecule has 0 spiro atoms. The van der Waals surface area contributed by atoms with Gasteiger partial charge in [0.1, 0.15) is 6.33 Å². The number of nitrogens with one attached hydrogen (secondary N) is 2. The van der Waals surface area contributed by atoms with E-state index in [1.807, 2.05) is 34.6 Å². The average molecular weight is 359 g/mol. The number of rotatable bonds is 3. The van der Waals surface area contributed by atoms with Crippen LogP contribution < -0.4 is 5.32 Å². The normalized spacial score (nSPS) is 13.9. The molecule has 0 aliphatic carbocycles. The van der Waals surface area contributed by atoms with Crippen molar-refractivity contribution in [2.24, 2.45) is 0 Å². The minimum atomic E-state index is -0.0901. The molecule has 25 heavy (non-hydrogen) atoms. The zero-order valence-corrected chi connectivity index (χ0v) is 14.7. The van der Waals surface area contributed by atoms with Crippen molar-refractivity contribution in [1.29, 1.82) is 0 Å². The topological polar surface area (TPSA) is 78.8 Å². The van der Waals surface area contributed by atoms with Crippen molar-refractivity contribution in [3.8, 4) is 0 Å². The number of hydrogen-bond donors (Lipinski definition) is 2. The van der Waals surface area contributed by atoms with Crippen LogP contribution in [-0.2, 0) is 26.1 Å². The average Bonchev–Trinajstić information content (AvgIpc) is 3.22. The largest absolute Gasteiger partial charge is 0.358 e. The number of urea groups is 1. The van der Waals surface area contributed by atoms with Crippen LogP contribution in [0.3, 0.4) is 0 Å². The molecule has 2 N–H and O–H groups in total. The molecule has 8 heteroatoms. The van der Waals surface area contributed by atoms with E-state index in [1.54, 1.807) is 6.33 Å². The molecule has 4 rings (SSSR count). The molecule has 7 nitrogen and oxygen atoms in total. The third kappa shape index (κ3) is 2.95. The summed E-state index contributed by atoms with van der Waals surface area (Å²) in [6.07, 6.45) is 2.48. The lowest BCUT2D eigenvalue weighted by molar-refractivity contribution is 0.191. The van der Waals surface area contributed by atoms with Gasteiger partial charge in [0.2, 0.25) is 0 Å². The van der Waals surface area contributed by atoms with E-state index >= 15 is 0 Å². The molecule has 0 atom stereocenters. The fourth-order valence-electron chi connectivity index (χ4n) is 3.31. The quantitative estimate of drug-likeness (QED) is 0.755. The first kappa shape index (κ1) is 16.0. The van der Waals surface area contributed by atoms with Crippen molar-refractivity contribution in [2.75, 3.05) is 6.54 Å². The van der Waals surface area contributed by atoms with Crippen molar-refractivity contribution in [1.82, 2.24) is 30.0 Å². The van der Waals surface area contributed by atoms with Gasteiger partial charge in [0.25, 0.3) is 0 Å². The van der Waals surface area contributed by atoms with Crippen molar-refractivity contribution in [2.45, 2.75) is 33.0 Å². The number of aryl methyl sites for hydroxylation is 1. The monoisotopic (exact) mass is 358 g/mol. The molecular formula is C17H19ClN6O. The lowest BCUT2D eigenvalue weighted by Gasteiger charge is -2.27. The number of hydrogen-bond acceptors (Lipinski definition) is 3. The Morgan fingerprint density at radius 1 is 1.44 bits per heavy atom. The fraction of sp³-hybridized carbons (Fsp3) is 0.353. The molecule has 1 aliphatic rings. The maximum Gasteiger partial charge on any atom is 0.318 e. The number of amides is 2. The Morgan fingerprint density at radius 2 is 2.32 bits per heavy atom. The maximum atomic E-state index is 12.5. The van der Waals surface area contributed by atoms with Gasteiger partial charge in [0.05, 0.1) is 6.54 Å². The van der Waals surface area contributed by atoms with Crippen molar-refractivity contribution >= 4 is 28.5 Å². The Bertz CT molecular complexity index is 931. The molecule has 0 saturated carbocycles. The van der Waals surface area contributed by atoms with Crippen LogP contribution in [0.2, 0.25) is 5.02 Å². The maximum absolute atomic E-state index is 12.5. The van der Waals surface area contributed by atoms with E-state index in [-0.39, 0.29) is 6.03 Å². The van der Waals surface area contributed by atoms with Gasteiger partial charge in [-0.3, -0.25) is 0 Å². The fourth-order valence-corrected chi connectivity index (χ4v) is 3.48. The second-order valence-corrected chi connectivity index (χ2v) is 6.57. The smallest absolute Gasteiger partial charge is 0.318 e. The third-order valence-corrected chi connectivity index (χ3v) is 4.89. The Hall–Kier alpha value is -2.54. The van der Waals surface area contributed by atoms with Gasteiger partial charge in [-0.1, -0.05) is 11.6 Å².